The highest BCUT2D eigenvalue weighted by Gasteiger charge is 2.18. The van der Waals surface area contributed by atoms with E-state index in [4.69, 9.17) is 15.2 Å². The Labute approximate surface area is 173 Å². The summed E-state index contributed by atoms with van der Waals surface area (Å²) < 4.78 is 44.3. The topological polar surface area (TPSA) is 136 Å². The van der Waals surface area contributed by atoms with Gasteiger partial charge in [-0.2, -0.15) is 8.42 Å². The van der Waals surface area contributed by atoms with Crippen molar-refractivity contribution in [1.82, 2.24) is 4.98 Å². The van der Waals surface area contributed by atoms with Crippen molar-refractivity contribution in [2.24, 2.45) is 10.2 Å². The van der Waals surface area contributed by atoms with E-state index in [1.165, 1.54) is 12.3 Å². The molecule has 3 N–H and O–H groups in total. The highest BCUT2D eigenvalue weighted by molar-refractivity contribution is 7.86. The number of ether oxygens (including phenoxy) is 2. The van der Waals surface area contributed by atoms with Gasteiger partial charge in [-0.25, -0.2) is 4.98 Å². The average molecular weight is 428 g/mol. The van der Waals surface area contributed by atoms with E-state index < -0.39 is 10.1 Å². The molecule has 1 atom stereocenters. The maximum Gasteiger partial charge on any atom is 0.295 e. The molecule has 0 spiro atoms. The van der Waals surface area contributed by atoms with Crippen LogP contribution < -0.4 is 10.5 Å². The van der Waals surface area contributed by atoms with E-state index in [2.05, 4.69) is 15.2 Å². The summed E-state index contributed by atoms with van der Waals surface area (Å²) in [6.07, 6.45) is 3.59. The van der Waals surface area contributed by atoms with Crippen LogP contribution >= 0.6 is 0 Å². The zero-order chi connectivity index (χ0) is 21.1. The second-order valence-electron chi connectivity index (χ2n) is 6.83. The van der Waals surface area contributed by atoms with Gasteiger partial charge in [0.05, 0.1) is 18.0 Å². The van der Waals surface area contributed by atoms with Gasteiger partial charge in [0.25, 0.3) is 10.1 Å². The molecule has 0 bridgehead atoms. The van der Waals surface area contributed by atoms with Crippen LogP contribution in [0.15, 0.2) is 63.8 Å². The fourth-order valence-corrected chi connectivity index (χ4v) is 3.95. The molecule has 1 aliphatic heterocycles. The molecular formula is C20H20N4O5S. The lowest BCUT2D eigenvalue weighted by molar-refractivity contribution is 0.0663. The van der Waals surface area contributed by atoms with Crippen LogP contribution in [-0.4, -0.2) is 37.3 Å². The first-order valence-electron chi connectivity index (χ1n) is 9.33. The van der Waals surface area contributed by atoms with E-state index in [0.717, 1.165) is 19.4 Å². The van der Waals surface area contributed by atoms with Crippen molar-refractivity contribution < 1.29 is 22.4 Å². The van der Waals surface area contributed by atoms with Crippen molar-refractivity contribution >= 4 is 38.0 Å². The second kappa shape index (κ2) is 8.34. The highest BCUT2D eigenvalue weighted by atomic mass is 32.2. The SMILES string of the molecule is Nc1c(/N=N/c2ccc(OCC3CCCO3)nc2)cc(S(=O)(=O)O)c2ccccc12. The van der Waals surface area contributed by atoms with Crippen molar-refractivity contribution in [2.75, 3.05) is 18.9 Å². The molecule has 10 heteroatoms. The summed E-state index contributed by atoms with van der Waals surface area (Å²) in [6, 6.07) is 11.1. The zero-order valence-electron chi connectivity index (χ0n) is 15.9. The molecule has 1 aliphatic rings. The molecule has 30 heavy (non-hydrogen) atoms. The van der Waals surface area contributed by atoms with Crippen LogP contribution in [0.1, 0.15) is 12.8 Å². The van der Waals surface area contributed by atoms with Gasteiger partial charge in [-0.3, -0.25) is 4.55 Å². The third-order valence-electron chi connectivity index (χ3n) is 4.74. The fourth-order valence-electron chi connectivity index (χ4n) is 3.23. The average Bonchev–Trinajstić information content (AvgIpc) is 3.25. The van der Waals surface area contributed by atoms with Gasteiger partial charge in [-0.05, 0) is 25.0 Å². The third kappa shape index (κ3) is 4.40. The molecule has 0 saturated carbocycles. The summed E-state index contributed by atoms with van der Waals surface area (Å²) in [5.41, 5.74) is 6.95. The number of hydrogen-bond acceptors (Lipinski definition) is 8. The maximum atomic E-state index is 11.8. The quantitative estimate of drug-likeness (QED) is 0.343. The number of azo groups is 1. The summed E-state index contributed by atoms with van der Waals surface area (Å²) in [5.74, 6) is 0.448. The van der Waals surface area contributed by atoms with Gasteiger partial charge in [-0.1, -0.05) is 24.3 Å². The number of aromatic nitrogens is 1. The van der Waals surface area contributed by atoms with Crippen LogP contribution in [0.4, 0.5) is 17.1 Å². The summed E-state index contributed by atoms with van der Waals surface area (Å²) in [7, 11) is -4.47. The summed E-state index contributed by atoms with van der Waals surface area (Å²) in [6.45, 7) is 1.21. The van der Waals surface area contributed by atoms with Crippen molar-refractivity contribution in [2.45, 2.75) is 23.8 Å². The van der Waals surface area contributed by atoms with Crippen LogP contribution in [0, 0.1) is 0 Å². The molecule has 1 saturated heterocycles. The molecule has 0 radical (unpaired) electrons. The number of nitrogens with zero attached hydrogens (tertiary/aromatic N) is 3. The Morgan fingerprint density at radius 2 is 2.00 bits per heavy atom. The van der Waals surface area contributed by atoms with E-state index in [0.29, 0.717) is 28.9 Å². The van der Waals surface area contributed by atoms with Crippen LogP contribution in [-0.2, 0) is 14.9 Å². The van der Waals surface area contributed by atoms with E-state index in [9.17, 15) is 13.0 Å². The van der Waals surface area contributed by atoms with E-state index in [-0.39, 0.29) is 22.4 Å². The normalized spacial score (nSPS) is 17.0. The van der Waals surface area contributed by atoms with Gasteiger partial charge in [0, 0.05) is 23.4 Å². The zero-order valence-corrected chi connectivity index (χ0v) is 16.7. The van der Waals surface area contributed by atoms with E-state index in [1.807, 2.05) is 0 Å². The summed E-state index contributed by atoms with van der Waals surface area (Å²) in [4.78, 5) is 3.90. The predicted octanol–water partition coefficient (Wildman–Crippen LogP) is 4.04. The van der Waals surface area contributed by atoms with Gasteiger partial charge in [0.1, 0.15) is 22.9 Å². The lowest BCUT2D eigenvalue weighted by Gasteiger charge is -2.10. The molecular weight excluding hydrogens is 408 g/mol. The number of pyridine rings is 1. The number of anilines is 1. The first-order chi connectivity index (χ1) is 14.4. The van der Waals surface area contributed by atoms with Crippen LogP contribution in [0.3, 0.4) is 0 Å². The van der Waals surface area contributed by atoms with Crippen LogP contribution in [0.2, 0.25) is 0 Å². The van der Waals surface area contributed by atoms with E-state index in [1.54, 1.807) is 36.4 Å². The van der Waals surface area contributed by atoms with Gasteiger partial charge in [0.2, 0.25) is 5.88 Å². The number of fused-ring (bicyclic) bond motifs is 1. The Morgan fingerprint density at radius 3 is 2.67 bits per heavy atom. The first kappa shape index (κ1) is 20.2. The number of hydrogen-bond donors (Lipinski definition) is 2. The lowest BCUT2D eigenvalue weighted by Crippen LogP contribution is -2.16. The summed E-state index contributed by atoms with van der Waals surface area (Å²) in [5, 5.41) is 8.90. The second-order valence-corrected chi connectivity index (χ2v) is 8.22. The Morgan fingerprint density at radius 1 is 1.20 bits per heavy atom. The fraction of sp³-hybridized carbons (Fsp3) is 0.250. The smallest absolute Gasteiger partial charge is 0.295 e. The molecule has 3 aromatic rings. The van der Waals surface area contributed by atoms with Gasteiger partial charge < -0.3 is 15.2 Å². The van der Waals surface area contributed by atoms with Crippen molar-refractivity contribution in [1.29, 1.82) is 0 Å². The Balaban J connectivity index is 1.57. The van der Waals surface area contributed by atoms with Crippen molar-refractivity contribution in [3.05, 3.63) is 48.7 Å². The number of nitrogens with two attached hydrogens (primary N) is 1. The van der Waals surface area contributed by atoms with Crippen LogP contribution in [0.25, 0.3) is 10.8 Å². The minimum Gasteiger partial charge on any atom is -0.475 e. The molecule has 0 aliphatic carbocycles. The van der Waals surface area contributed by atoms with Gasteiger partial charge >= 0.3 is 0 Å². The van der Waals surface area contributed by atoms with Gasteiger partial charge in [-0.15, -0.1) is 10.2 Å². The lowest BCUT2D eigenvalue weighted by atomic mass is 10.1. The third-order valence-corrected chi connectivity index (χ3v) is 5.63. The molecule has 2 aromatic carbocycles. The van der Waals surface area contributed by atoms with Crippen LogP contribution in [0.5, 0.6) is 5.88 Å². The molecule has 156 valence electrons. The van der Waals surface area contributed by atoms with Crippen molar-refractivity contribution in [3.8, 4) is 5.88 Å². The molecule has 1 fully saturated rings. The number of rotatable bonds is 6. The maximum absolute atomic E-state index is 11.8. The Hall–Kier alpha value is -3.08. The van der Waals surface area contributed by atoms with E-state index >= 15 is 0 Å². The molecule has 1 unspecified atom stereocenters. The first-order valence-corrected chi connectivity index (χ1v) is 10.8. The molecule has 2 heterocycles. The predicted molar refractivity (Wildman–Crippen MR) is 111 cm³/mol. The largest absolute Gasteiger partial charge is 0.475 e. The van der Waals surface area contributed by atoms with Crippen molar-refractivity contribution in [3.63, 3.8) is 0 Å². The molecule has 0 amide bonds. The molecule has 9 nitrogen and oxygen atoms in total. The minimum atomic E-state index is -4.47. The monoisotopic (exact) mass is 428 g/mol. The molecule has 1 aromatic heterocycles. The molecule has 4 rings (SSSR count). The number of benzene rings is 2. The Bertz CT molecular complexity index is 1190. The van der Waals surface area contributed by atoms with Gasteiger partial charge in [0.15, 0.2) is 0 Å². The minimum absolute atomic E-state index is 0.0963. The highest BCUT2D eigenvalue weighted by Crippen LogP contribution is 2.36. The standard InChI is InChI=1S/C20H20N4O5S/c21-20-16-6-2-1-5-15(16)18(30(25,26)27)10-17(20)24-23-13-7-8-19(22-11-13)29-12-14-4-3-9-28-14/h1-2,5-8,10-11,14H,3-4,9,12,21H2,(H,25,26,27)/b24-23+. The Kier molecular flexibility index (Phi) is 5.62. The number of nitrogen functional groups attached to an aromatic ring is 1. The summed E-state index contributed by atoms with van der Waals surface area (Å²) >= 11 is 0.